The Kier molecular flexibility index (Phi) is 7.79. The van der Waals surface area contributed by atoms with Crippen LogP contribution in [0.2, 0.25) is 0 Å². The summed E-state index contributed by atoms with van der Waals surface area (Å²) in [5.74, 6) is 0.0294. The van der Waals surface area contributed by atoms with Crippen molar-refractivity contribution in [1.82, 2.24) is 20.2 Å². The maximum Gasteiger partial charge on any atom is 0.325 e. The van der Waals surface area contributed by atoms with Gasteiger partial charge in [-0.15, -0.1) is 0 Å². The SMILES string of the molecule is Nc1ccc(CC(c2ncc(-c3ccc(I)cc3F)[nH]2)N2C(=O)N[C@H](c3ccc(OCCO)cc3)C2=O)cc1. The molecule has 1 saturated heterocycles. The average Bonchev–Trinajstić information content (AvgIpc) is 3.52. The van der Waals surface area contributed by atoms with Crippen LogP contribution in [0.15, 0.2) is 72.9 Å². The molecule has 11 heteroatoms. The van der Waals surface area contributed by atoms with E-state index in [1.807, 2.05) is 34.7 Å². The quantitative estimate of drug-likeness (QED) is 0.122. The second-order valence-electron chi connectivity index (χ2n) is 9.00. The number of imidazole rings is 1. The summed E-state index contributed by atoms with van der Waals surface area (Å²) in [4.78, 5) is 35.6. The first kappa shape index (κ1) is 26.6. The molecule has 0 spiro atoms. The van der Waals surface area contributed by atoms with Crippen LogP contribution < -0.4 is 15.8 Å². The van der Waals surface area contributed by atoms with E-state index in [2.05, 4.69) is 15.3 Å². The minimum absolute atomic E-state index is 0.117. The van der Waals surface area contributed by atoms with Gasteiger partial charge in [-0.05, 0) is 76.2 Å². The van der Waals surface area contributed by atoms with E-state index in [0.717, 1.165) is 14.0 Å². The largest absolute Gasteiger partial charge is 0.491 e. The third-order valence-corrected chi connectivity index (χ3v) is 7.07. The first-order valence-electron chi connectivity index (χ1n) is 12.2. The van der Waals surface area contributed by atoms with Gasteiger partial charge in [0, 0.05) is 21.2 Å². The number of halogens is 2. The van der Waals surface area contributed by atoms with Gasteiger partial charge in [-0.25, -0.2) is 14.2 Å². The van der Waals surface area contributed by atoms with Crippen molar-refractivity contribution in [2.24, 2.45) is 0 Å². The van der Waals surface area contributed by atoms with Crippen molar-refractivity contribution in [3.63, 3.8) is 0 Å². The number of nitrogens with one attached hydrogen (secondary N) is 2. The van der Waals surface area contributed by atoms with Crippen LogP contribution in [-0.2, 0) is 11.2 Å². The van der Waals surface area contributed by atoms with Crippen molar-refractivity contribution in [1.29, 1.82) is 0 Å². The zero-order valence-electron chi connectivity index (χ0n) is 20.6. The molecule has 5 N–H and O–H groups in total. The number of H-pyrrole nitrogens is 1. The van der Waals surface area contributed by atoms with Crippen molar-refractivity contribution >= 4 is 40.2 Å². The second-order valence-corrected chi connectivity index (χ2v) is 10.2. The Hall–Kier alpha value is -3.97. The lowest BCUT2D eigenvalue weighted by atomic mass is 10.0. The molecular weight excluding hydrogens is 616 g/mol. The standard InChI is InChI=1S/C28H25FIN5O4/c29-22-14-18(30)5-10-21(22)23-15-32-26(33-23)24(13-16-1-6-19(31)7-2-16)35-27(37)25(34-28(35)38)17-3-8-20(9-4-17)39-12-11-36/h1-10,14-15,24-25,36H,11-13,31H2,(H,32,33)(H,34,38)/t24?,25-/m1/s1. The third-order valence-electron chi connectivity index (χ3n) is 6.40. The lowest BCUT2D eigenvalue weighted by Crippen LogP contribution is -2.36. The smallest absolute Gasteiger partial charge is 0.325 e. The number of benzene rings is 3. The summed E-state index contributed by atoms with van der Waals surface area (Å²) < 4.78 is 20.8. The Balaban J connectivity index is 1.47. The Morgan fingerprint density at radius 3 is 2.54 bits per heavy atom. The number of hydrogen-bond acceptors (Lipinski definition) is 6. The zero-order chi connectivity index (χ0) is 27.5. The van der Waals surface area contributed by atoms with Crippen LogP contribution in [0.3, 0.4) is 0 Å². The van der Waals surface area contributed by atoms with Crippen molar-refractivity contribution in [3.05, 3.63) is 99.3 Å². The van der Waals surface area contributed by atoms with Crippen LogP contribution in [0.4, 0.5) is 14.9 Å². The van der Waals surface area contributed by atoms with Crippen LogP contribution in [0.25, 0.3) is 11.3 Å². The second kappa shape index (κ2) is 11.4. The van der Waals surface area contributed by atoms with Crippen LogP contribution >= 0.6 is 22.6 Å². The van der Waals surface area contributed by atoms with E-state index in [9.17, 15) is 14.0 Å². The minimum atomic E-state index is -0.901. The number of nitrogens with two attached hydrogens (primary N) is 1. The number of carbonyl (C=O) groups excluding carboxylic acids is 2. The molecule has 1 aliphatic heterocycles. The number of imide groups is 1. The van der Waals surface area contributed by atoms with E-state index >= 15 is 0 Å². The highest BCUT2D eigenvalue weighted by Crippen LogP contribution is 2.33. The van der Waals surface area contributed by atoms with Crippen molar-refractivity contribution in [2.45, 2.75) is 18.5 Å². The van der Waals surface area contributed by atoms with E-state index in [1.54, 1.807) is 48.5 Å². The van der Waals surface area contributed by atoms with Gasteiger partial charge >= 0.3 is 6.03 Å². The number of aliphatic hydroxyl groups excluding tert-OH is 1. The predicted molar refractivity (Wildman–Crippen MR) is 151 cm³/mol. The van der Waals surface area contributed by atoms with Gasteiger partial charge in [0.2, 0.25) is 0 Å². The Morgan fingerprint density at radius 1 is 1.10 bits per heavy atom. The molecule has 0 bridgehead atoms. The molecule has 3 aromatic carbocycles. The maximum absolute atomic E-state index is 14.7. The van der Waals surface area contributed by atoms with E-state index in [4.69, 9.17) is 15.6 Å². The number of aromatic nitrogens is 2. The molecular formula is C28H25FIN5O4. The third kappa shape index (κ3) is 5.73. The molecule has 4 aromatic rings. The molecule has 3 amide bonds. The number of nitrogen functional groups attached to an aromatic ring is 1. The number of hydrogen-bond donors (Lipinski definition) is 4. The summed E-state index contributed by atoms with van der Waals surface area (Å²) >= 11 is 2.04. The van der Waals surface area contributed by atoms with Crippen molar-refractivity contribution in [3.8, 4) is 17.0 Å². The van der Waals surface area contributed by atoms with Crippen LogP contribution in [-0.4, -0.2) is 45.1 Å². The van der Waals surface area contributed by atoms with E-state index in [-0.39, 0.29) is 19.6 Å². The summed E-state index contributed by atoms with van der Waals surface area (Å²) in [6.07, 6.45) is 1.76. The lowest BCUT2D eigenvalue weighted by Gasteiger charge is -2.24. The number of aromatic amines is 1. The predicted octanol–water partition coefficient (Wildman–Crippen LogP) is 4.35. The van der Waals surface area contributed by atoms with Gasteiger partial charge in [0.25, 0.3) is 5.91 Å². The van der Waals surface area contributed by atoms with Gasteiger partial charge in [-0.1, -0.05) is 24.3 Å². The van der Waals surface area contributed by atoms with E-state index in [1.165, 1.54) is 12.3 Å². The highest BCUT2D eigenvalue weighted by Gasteiger charge is 2.44. The lowest BCUT2D eigenvalue weighted by molar-refractivity contribution is -0.129. The first-order chi connectivity index (χ1) is 18.8. The van der Waals surface area contributed by atoms with Gasteiger partial charge in [0.05, 0.1) is 18.5 Å². The molecule has 1 aromatic heterocycles. The molecule has 2 atom stereocenters. The fraction of sp³-hybridized carbons (Fsp3) is 0.179. The van der Waals surface area contributed by atoms with E-state index < -0.39 is 29.8 Å². The number of rotatable bonds is 9. The molecule has 0 radical (unpaired) electrons. The van der Waals surface area contributed by atoms with E-state index in [0.29, 0.717) is 34.1 Å². The van der Waals surface area contributed by atoms with Gasteiger partial charge in [-0.2, -0.15) is 0 Å². The number of ether oxygens (including phenoxy) is 1. The summed E-state index contributed by atoms with van der Waals surface area (Å²) in [6, 6.07) is 16.5. The Labute approximate surface area is 237 Å². The number of anilines is 1. The van der Waals surface area contributed by atoms with Crippen LogP contribution in [0.1, 0.15) is 29.0 Å². The molecule has 0 aliphatic carbocycles. The number of amides is 3. The highest BCUT2D eigenvalue weighted by atomic mass is 127. The molecule has 9 nitrogen and oxygen atoms in total. The minimum Gasteiger partial charge on any atom is -0.491 e. The van der Waals surface area contributed by atoms with Gasteiger partial charge in [0.15, 0.2) is 0 Å². The van der Waals surface area contributed by atoms with Crippen molar-refractivity contribution in [2.75, 3.05) is 18.9 Å². The number of urea groups is 1. The van der Waals surface area contributed by atoms with Crippen LogP contribution in [0.5, 0.6) is 5.75 Å². The van der Waals surface area contributed by atoms with Gasteiger partial charge < -0.3 is 25.9 Å². The van der Waals surface area contributed by atoms with Crippen LogP contribution in [0, 0.1) is 9.39 Å². The highest BCUT2D eigenvalue weighted by molar-refractivity contribution is 14.1. The fourth-order valence-corrected chi connectivity index (χ4v) is 4.93. The fourth-order valence-electron chi connectivity index (χ4n) is 4.47. The summed E-state index contributed by atoms with van der Waals surface area (Å²) in [7, 11) is 0. The Morgan fingerprint density at radius 2 is 1.85 bits per heavy atom. The maximum atomic E-state index is 14.7. The molecule has 5 rings (SSSR count). The van der Waals surface area contributed by atoms with Crippen molar-refractivity contribution < 1.29 is 23.8 Å². The monoisotopic (exact) mass is 641 g/mol. The van der Waals surface area contributed by atoms with Gasteiger partial charge in [-0.3, -0.25) is 9.69 Å². The zero-order valence-corrected chi connectivity index (χ0v) is 22.8. The number of carbonyl (C=O) groups is 2. The topological polar surface area (TPSA) is 134 Å². The number of nitrogens with zero attached hydrogens (tertiary/aromatic N) is 2. The molecule has 1 fully saturated rings. The summed E-state index contributed by atoms with van der Waals surface area (Å²) in [5, 5.41) is 11.7. The molecule has 39 heavy (non-hydrogen) atoms. The number of aliphatic hydroxyl groups is 1. The molecule has 1 unspecified atom stereocenters. The summed E-state index contributed by atoms with van der Waals surface area (Å²) in [5.41, 5.74) is 8.62. The molecule has 200 valence electrons. The average molecular weight is 641 g/mol. The molecule has 2 heterocycles. The Bertz CT molecular complexity index is 1490. The normalized spacial score (nSPS) is 15.9. The molecule has 1 aliphatic rings. The summed E-state index contributed by atoms with van der Waals surface area (Å²) in [6.45, 7) is 0.0320. The molecule has 0 saturated carbocycles. The van der Waals surface area contributed by atoms with Gasteiger partial charge in [0.1, 0.15) is 36.1 Å². The first-order valence-corrected chi connectivity index (χ1v) is 13.2.